The molecule has 0 aliphatic heterocycles. The molecule has 0 heterocycles. The number of nitriles is 1. The lowest BCUT2D eigenvalue weighted by molar-refractivity contribution is 0.408. The van der Waals surface area contributed by atoms with Crippen LogP contribution < -0.4 is 4.74 Å². The van der Waals surface area contributed by atoms with E-state index < -0.39 is 0 Å². The second-order valence-corrected chi connectivity index (χ2v) is 5.14. The quantitative estimate of drug-likeness (QED) is 0.828. The molecule has 0 saturated carbocycles. The van der Waals surface area contributed by atoms with Crippen molar-refractivity contribution in [3.05, 3.63) is 64.2 Å². The van der Waals surface area contributed by atoms with Crippen LogP contribution in [0.1, 0.15) is 22.6 Å². The van der Waals surface area contributed by atoms with E-state index in [-0.39, 0.29) is 5.92 Å². The molecule has 1 atom stereocenters. The van der Waals surface area contributed by atoms with Crippen molar-refractivity contribution in [3.63, 3.8) is 0 Å². The van der Waals surface area contributed by atoms with Gasteiger partial charge in [-0.25, -0.2) is 0 Å². The van der Waals surface area contributed by atoms with Crippen molar-refractivity contribution in [2.75, 3.05) is 7.11 Å². The fourth-order valence-corrected chi connectivity index (χ4v) is 2.44. The van der Waals surface area contributed by atoms with Crippen molar-refractivity contribution < 1.29 is 4.74 Å². The first kappa shape index (κ1) is 14.4. The molecule has 0 N–H and O–H groups in total. The number of rotatable bonds is 4. The van der Waals surface area contributed by atoms with Gasteiger partial charge in [0.05, 0.1) is 19.1 Å². The Bertz CT molecular complexity index is 646. The van der Waals surface area contributed by atoms with Crippen LogP contribution in [0.5, 0.6) is 5.75 Å². The lowest BCUT2D eigenvalue weighted by Gasteiger charge is -2.15. The highest BCUT2D eigenvalue weighted by atomic mass is 35.5. The molecule has 0 spiro atoms. The molecule has 2 nitrogen and oxygen atoms in total. The Balaban J connectivity index is 2.37. The van der Waals surface area contributed by atoms with Crippen molar-refractivity contribution in [1.82, 2.24) is 0 Å². The third kappa shape index (κ3) is 3.12. The zero-order chi connectivity index (χ0) is 14.5. The van der Waals surface area contributed by atoms with Crippen LogP contribution in [0.25, 0.3) is 0 Å². The van der Waals surface area contributed by atoms with Crippen LogP contribution in [-0.4, -0.2) is 7.11 Å². The number of hydrogen-bond donors (Lipinski definition) is 0. The van der Waals surface area contributed by atoms with E-state index in [9.17, 15) is 5.26 Å². The summed E-state index contributed by atoms with van der Waals surface area (Å²) >= 11 is 6.04. The lowest BCUT2D eigenvalue weighted by atomic mass is 9.91. The Morgan fingerprint density at radius 2 is 2.00 bits per heavy atom. The van der Waals surface area contributed by atoms with Gasteiger partial charge < -0.3 is 4.74 Å². The fourth-order valence-electron chi connectivity index (χ4n) is 2.26. The highest BCUT2D eigenvalue weighted by Gasteiger charge is 2.17. The average molecular weight is 286 g/mol. The van der Waals surface area contributed by atoms with E-state index in [0.29, 0.717) is 17.2 Å². The molecule has 0 bridgehead atoms. The second kappa shape index (κ2) is 6.45. The Kier molecular flexibility index (Phi) is 4.65. The number of aryl methyl sites for hydroxylation is 1. The first-order valence-electron chi connectivity index (χ1n) is 6.43. The standard InChI is InChI=1S/C17H16ClNO/c1-12-5-3-4-6-13(12)9-14(11-19)16-10-15(18)7-8-17(16)20-2/h3-8,10,14H,9H2,1-2H3. The first-order valence-corrected chi connectivity index (χ1v) is 6.81. The number of nitrogens with zero attached hydrogens (tertiary/aromatic N) is 1. The van der Waals surface area contributed by atoms with E-state index in [1.807, 2.05) is 18.2 Å². The third-order valence-electron chi connectivity index (χ3n) is 3.41. The number of halogens is 1. The Morgan fingerprint density at radius 3 is 2.65 bits per heavy atom. The Hall–Kier alpha value is -1.98. The summed E-state index contributed by atoms with van der Waals surface area (Å²) in [6.07, 6.45) is 0.653. The van der Waals surface area contributed by atoms with Gasteiger partial charge in [0.25, 0.3) is 0 Å². The van der Waals surface area contributed by atoms with Gasteiger partial charge in [-0.15, -0.1) is 0 Å². The van der Waals surface area contributed by atoms with Gasteiger partial charge in [-0.05, 0) is 42.7 Å². The van der Waals surface area contributed by atoms with Crippen LogP contribution in [0.15, 0.2) is 42.5 Å². The maximum Gasteiger partial charge on any atom is 0.123 e. The van der Waals surface area contributed by atoms with E-state index in [2.05, 4.69) is 25.1 Å². The first-order chi connectivity index (χ1) is 9.65. The summed E-state index contributed by atoms with van der Waals surface area (Å²) < 4.78 is 5.34. The van der Waals surface area contributed by atoms with E-state index in [0.717, 1.165) is 5.56 Å². The number of hydrogen-bond acceptors (Lipinski definition) is 2. The molecular weight excluding hydrogens is 270 g/mol. The molecule has 2 rings (SSSR count). The van der Waals surface area contributed by atoms with Gasteiger partial charge in [0.1, 0.15) is 5.75 Å². The molecule has 0 aromatic heterocycles. The van der Waals surface area contributed by atoms with Crippen molar-refractivity contribution >= 4 is 11.6 Å². The maximum absolute atomic E-state index is 9.49. The van der Waals surface area contributed by atoms with Crippen molar-refractivity contribution in [3.8, 4) is 11.8 Å². The lowest BCUT2D eigenvalue weighted by Crippen LogP contribution is -2.04. The zero-order valence-electron chi connectivity index (χ0n) is 11.6. The predicted molar refractivity (Wildman–Crippen MR) is 81.2 cm³/mol. The predicted octanol–water partition coefficient (Wildman–Crippen LogP) is 4.51. The third-order valence-corrected chi connectivity index (χ3v) is 3.64. The highest BCUT2D eigenvalue weighted by Crippen LogP contribution is 2.32. The van der Waals surface area contributed by atoms with Gasteiger partial charge in [-0.2, -0.15) is 5.26 Å². The van der Waals surface area contributed by atoms with Gasteiger partial charge in [0.2, 0.25) is 0 Å². The minimum Gasteiger partial charge on any atom is -0.496 e. The summed E-state index contributed by atoms with van der Waals surface area (Å²) in [6, 6.07) is 15.8. The molecule has 0 amide bonds. The smallest absolute Gasteiger partial charge is 0.123 e. The molecule has 1 unspecified atom stereocenters. The Morgan fingerprint density at radius 1 is 1.25 bits per heavy atom. The molecular formula is C17H16ClNO. The van der Waals surface area contributed by atoms with Crippen molar-refractivity contribution in [1.29, 1.82) is 5.26 Å². The van der Waals surface area contributed by atoms with E-state index in [4.69, 9.17) is 16.3 Å². The van der Waals surface area contributed by atoms with Crippen molar-refractivity contribution in [2.24, 2.45) is 0 Å². The molecule has 0 aliphatic carbocycles. The van der Waals surface area contributed by atoms with Crippen LogP contribution in [0.2, 0.25) is 5.02 Å². The van der Waals surface area contributed by atoms with Crippen LogP contribution in [0, 0.1) is 18.3 Å². The fraction of sp³-hybridized carbons (Fsp3) is 0.235. The van der Waals surface area contributed by atoms with Crippen LogP contribution in [0.4, 0.5) is 0 Å². The molecule has 0 fully saturated rings. The monoisotopic (exact) mass is 285 g/mol. The average Bonchev–Trinajstić information content (AvgIpc) is 2.46. The molecule has 102 valence electrons. The molecule has 0 saturated heterocycles. The van der Waals surface area contributed by atoms with Gasteiger partial charge in [-0.3, -0.25) is 0 Å². The summed E-state index contributed by atoms with van der Waals surface area (Å²) in [5, 5.41) is 10.1. The van der Waals surface area contributed by atoms with Gasteiger partial charge in [-0.1, -0.05) is 35.9 Å². The maximum atomic E-state index is 9.49. The van der Waals surface area contributed by atoms with E-state index in [1.165, 1.54) is 11.1 Å². The number of methoxy groups -OCH3 is 1. The van der Waals surface area contributed by atoms with Gasteiger partial charge >= 0.3 is 0 Å². The molecule has 2 aromatic carbocycles. The summed E-state index contributed by atoms with van der Waals surface area (Å²) in [5.41, 5.74) is 3.19. The summed E-state index contributed by atoms with van der Waals surface area (Å²) in [7, 11) is 1.61. The molecule has 0 radical (unpaired) electrons. The zero-order valence-corrected chi connectivity index (χ0v) is 12.3. The summed E-state index contributed by atoms with van der Waals surface area (Å²) in [6.45, 7) is 2.05. The van der Waals surface area contributed by atoms with E-state index in [1.54, 1.807) is 19.2 Å². The summed E-state index contributed by atoms with van der Waals surface area (Å²) in [4.78, 5) is 0. The topological polar surface area (TPSA) is 33.0 Å². The number of benzene rings is 2. The molecule has 3 heteroatoms. The minimum atomic E-state index is -0.273. The minimum absolute atomic E-state index is 0.273. The second-order valence-electron chi connectivity index (χ2n) is 4.70. The van der Waals surface area contributed by atoms with Gasteiger partial charge in [0, 0.05) is 10.6 Å². The molecule has 0 aliphatic rings. The summed E-state index contributed by atoms with van der Waals surface area (Å²) in [5.74, 6) is 0.430. The largest absolute Gasteiger partial charge is 0.496 e. The number of ether oxygens (including phenoxy) is 1. The Labute approximate surface area is 124 Å². The SMILES string of the molecule is COc1ccc(Cl)cc1C(C#N)Cc1ccccc1C. The molecule has 2 aromatic rings. The van der Waals surface area contributed by atoms with Crippen LogP contribution >= 0.6 is 11.6 Å². The van der Waals surface area contributed by atoms with E-state index >= 15 is 0 Å². The van der Waals surface area contributed by atoms with Crippen LogP contribution in [0.3, 0.4) is 0 Å². The molecule has 20 heavy (non-hydrogen) atoms. The van der Waals surface area contributed by atoms with Gasteiger partial charge in [0.15, 0.2) is 0 Å². The van der Waals surface area contributed by atoms with Crippen LogP contribution in [-0.2, 0) is 6.42 Å². The normalized spacial score (nSPS) is 11.7. The van der Waals surface area contributed by atoms with Crippen molar-refractivity contribution in [2.45, 2.75) is 19.3 Å². The highest BCUT2D eigenvalue weighted by molar-refractivity contribution is 6.30.